The van der Waals surface area contributed by atoms with Crippen molar-refractivity contribution in [3.63, 3.8) is 0 Å². The van der Waals surface area contributed by atoms with E-state index in [1.54, 1.807) is 23.9 Å². The minimum Gasteiger partial charge on any atom is -0.435 e. The zero-order valence-electron chi connectivity index (χ0n) is 9.88. The van der Waals surface area contributed by atoms with Gasteiger partial charge in [0.05, 0.1) is 17.8 Å². The standard InChI is InChI=1S/C12H14F2N2O2/c1-8(17)4-5-16-11-3-2-10(18-12(13)14)6-9(11)7-15-16/h2-3,6-8,12,17H,4-5H2,1H3. The minimum absolute atomic E-state index is 0.118. The van der Waals surface area contributed by atoms with E-state index in [4.69, 9.17) is 0 Å². The molecule has 98 valence electrons. The number of aliphatic hydroxyl groups excluding tert-OH is 1. The lowest BCUT2D eigenvalue weighted by atomic mass is 10.2. The van der Waals surface area contributed by atoms with Gasteiger partial charge in [0, 0.05) is 11.9 Å². The predicted molar refractivity (Wildman–Crippen MR) is 62.7 cm³/mol. The van der Waals surface area contributed by atoms with Crippen LogP contribution in [0.25, 0.3) is 10.9 Å². The van der Waals surface area contributed by atoms with E-state index in [0.29, 0.717) is 13.0 Å². The quantitative estimate of drug-likeness (QED) is 0.893. The molecule has 1 unspecified atom stereocenters. The van der Waals surface area contributed by atoms with E-state index >= 15 is 0 Å². The number of aliphatic hydroxyl groups is 1. The van der Waals surface area contributed by atoms with Crippen LogP contribution in [-0.4, -0.2) is 27.6 Å². The molecule has 0 aliphatic carbocycles. The molecule has 0 radical (unpaired) electrons. The molecular formula is C12H14F2N2O2. The van der Waals surface area contributed by atoms with Gasteiger partial charge in [0.1, 0.15) is 5.75 Å². The topological polar surface area (TPSA) is 47.3 Å². The van der Waals surface area contributed by atoms with Crippen molar-refractivity contribution in [3.8, 4) is 5.75 Å². The van der Waals surface area contributed by atoms with Gasteiger partial charge in [-0.25, -0.2) is 0 Å². The molecule has 1 atom stereocenters. The number of nitrogens with zero attached hydrogens (tertiary/aromatic N) is 2. The lowest BCUT2D eigenvalue weighted by Gasteiger charge is -2.07. The van der Waals surface area contributed by atoms with Gasteiger partial charge < -0.3 is 9.84 Å². The zero-order chi connectivity index (χ0) is 13.1. The second-order valence-electron chi connectivity index (χ2n) is 4.10. The summed E-state index contributed by atoms with van der Waals surface area (Å²) in [5, 5.41) is 14.1. The number of rotatable bonds is 5. The van der Waals surface area contributed by atoms with Gasteiger partial charge >= 0.3 is 6.61 Å². The Balaban J connectivity index is 2.20. The molecule has 6 heteroatoms. The lowest BCUT2D eigenvalue weighted by Crippen LogP contribution is -2.07. The van der Waals surface area contributed by atoms with E-state index in [1.807, 2.05) is 0 Å². The molecule has 0 aliphatic heterocycles. The van der Waals surface area contributed by atoms with Crippen molar-refractivity contribution in [2.24, 2.45) is 0 Å². The third-order valence-electron chi connectivity index (χ3n) is 2.60. The van der Waals surface area contributed by atoms with Gasteiger partial charge in [0.15, 0.2) is 0 Å². The first kappa shape index (κ1) is 12.8. The average molecular weight is 256 g/mol. The first-order valence-electron chi connectivity index (χ1n) is 5.64. The maximum atomic E-state index is 12.1. The number of fused-ring (bicyclic) bond motifs is 1. The van der Waals surface area contributed by atoms with Crippen LogP contribution in [0.15, 0.2) is 24.4 Å². The maximum Gasteiger partial charge on any atom is 0.387 e. The second kappa shape index (κ2) is 5.30. The number of halogens is 2. The summed E-state index contributed by atoms with van der Waals surface area (Å²) in [6.07, 6.45) is 1.78. The highest BCUT2D eigenvalue weighted by atomic mass is 19.3. The SMILES string of the molecule is CC(O)CCn1ncc2cc(OC(F)F)ccc21. The summed E-state index contributed by atoms with van der Waals surface area (Å²) in [6.45, 7) is -0.538. The molecule has 2 rings (SSSR count). The molecule has 0 fully saturated rings. The van der Waals surface area contributed by atoms with E-state index in [2.05, 4.69) is 9.84 Å². The number of aryl methyl sites for hydroxylation is 1. The first-order valence-corrected chi connectivity index (χ1v) is 5.64. The van der Waals surface area contributed by atoms with Crippen molar-refractivity contribution in [3.05, 3.63) is 24.4 Å². The Kier molecular flexibility index (Phi) is 3.76. The molecule has 0 saturated heterocycles. The van der Waals surface area contributed by atoms with Gasteiger partial charge in [-0.05, 0) is 31.5 Å². The monoisotopic (exact) mass is 256 g/mol. The Morgan fingerprint density at radius 2 is 2.22 bits per heavy atom. The van der Waals surface area contributed by atoms with Crippen LogP contribution in [0.5, 0.6) is 5.75 Å². The number of ether oxygens (including phenoxy) is 1. The van der Waals surface area contributed by atoms with Gasteiger partial charge in [-0.3, -0.25) is 4.68 Å². The van der Waals surface area contributed by atoms with Crippen LogP contribution in [0, 0.1) is 0 Å². The van der Waals surface area contributed by atoms with Gasteiger partial charge in [-0.1, -0.05) is 0 Å². The predicted octanol–water partition coefficient (Wildman–Crippen LogP) is 2.41. The number of aromatic nitrogens is 2. The molecule has 0 bridgehead atoms. The van der Waals surface area contributed by atoms with Crippen LogP contribution in [0.2, 0.25) is 0 Å². The Morgan fingerprint density at radius 1 is 1.44 bits per heavy atom. The maximum absolute atomic E-state index is 12.1. The summed E-state index contributed by atoms with van der Waals surface area (Å²) in [6, 6.07) is 4.69. The van der Waals surface area contributed by atoms with Crippen LogP contribution < -0.4 is 4.74 Å². The van der Waals surface area contributed by atoms with Gasteiger partial charge in [0.25, 0.3) is 0 Å². The van der Waals surface area contributed by atoms with Gasteiger partial charge in [-0.15, -0.1) is 0 Å². The Morgan fingerprint density at radius 3 is 2.89 bits per heavy atom. The van der Waals surface area contributed by atoms with Crippen LogP contribution in [-0.2, 0) is 6.54 Å². The molecular weight excluding hydrogens is 242 g/mol. The van der Waals surface area contributed by atoms with Gasteiger partial charge in [0.2, 0.25) is 0 Å². The molecule has 4 nitrogen and oxygen atoms in total. The Bertz CT molecular complexity index is 526. The molecule has 2 aromatic rings. The summed E-state index contributed by atoms with van der Waals surface area (Å²) in [4.78, 5) is 0. The third-order valence-corrected chi connectivity index (χ3v) is 2.60. The number of benzene rings is 1. The van der Waals surface area contributed by atoms with Crippen molar-refractivity contribution in [1.82, 2.24) is 9.78 Å². The van der Waals surface area contributed by atoms with E-state index < -0.39 is 12.7 Å². The number of hydrogen-bond acceptors (Lipinski definition) is 3. The van der Waals surface area contributed by atoms with Crippen molar-refractivity contribution in [1.29, 1.82) is 0 Å². The van der Waals surface area contributed by atoms with Crippen LogP contribution in [0.1, 0.15) is 13.3 Å². The molecule has 0 amide bonds. The molecule has 0 saturated carbocycles. The van der Waals surface area contributed by atoms with Crippen molar-refractivity contribution in [2.45, 2.75) is 32.6 Å². The molecule has 18 heavy (non-hydrogen) atoms. The molecule has 1 heterocycles. The minimum atomic E-state index is -2.83. The average Bonchev–Trinajstić information content (AvgIpc) is 2.68. The van der Waals surface area contributed by atoms with E-state index in [9.17, 15) is 13.9 Å². The van der Waals surface area contributed by atoms with Crippen LogP contribution in [0.4, 0.5) is 8.78 Å². The van der Waals surface area contributed by atoms with Gasteiger partial charge in [-0.2, -0.15) is 13.9 Å². The largest absolute Gasteiger partial charge is 0.435 e. The highest BCUT2D eigenvalue weighted by Crippen LogP contribution is 2.22. The summed E-state index contributed by atoms with van der Waals surface area (Å²) >= 11 is 0. The lowest BCUT2D eigenvalue weighted by molar-refractivity contribution is -0.0497. The zero-order valence-corrected chi connectivity index (χ0v) is 9.88. The highest BCUT2D eigenvalue weighted by Gasteiger charge is 2.08. The summed E-state index contributed by atoms with van der Waals surface area (Å²) in [5.74, 6) is 0.118. The summed E-state index contributed by atoms with van der Waals surface area (Å²) < 4.78 is 30.2. The van der Waals surface area contributed by atoms with Crippen molar-refractivity contribution < 1.29 is 18.6 Å². The molecule has 0 aliphatic rings. The second-order valence-corrected chi connectivity index (χ2v) is 4.10. The molecule has 1 N–H and O–H groups in total. The smallest absolute Gasteiger partial charge is 0.387 e. The highest BCUT2D eigenvalue weighted by molar-refractivity contribution is 5.80. The summed E-state index contributed by atoms with van der Waals surface area (Å²) in [7, 11) is 0. The number of hydrogen-bond donors (Lipinski definition) is 1. The fraction of sp³-hybridized carbons (Fsp3) is 0.417. The normalized spacial score (nSPS) is 13.2. The fourth-order valence-corrected chi connectivity index (χ4v) is 1.73. The number of alkyl halides is 2. The first-order chi connectivity index (χ1) is 8.56. The Labute approximate surface area is 103 Å². The molecule has 1 aromatic carbocycles. The molecule has 1 aromatic heterocycles. The van der Waals surface area contributed by atoms with Crippen molar-refractivity contribution in [2.75, 3.05) is 0 Å². The van der Waals surface area contributed by atoms with E-state index in [-0.39, 0.29) is 5.75 Å². The Hall–Kier alpha value is -1.69. The van der Waals surface area contributed by atoms with Crippen LogP contribution >= 0.6 is 0 Å². The fourth-order valence-electron chi connectivity index (χ4n) is 1.73. The van der Waals surface area contributed by atoms with E-state index in [0.717, 1.165) is 10.9 Å². The summed E-state index contributed by atoms with van der Waals surface area (Å²) in [5.41, 5.74) is 0.831. The van der Waals surface area contributed by atoms with Crippen molar-refractivity contribution >= 4 is 10.9 Å². The third kappa shape index (κ3) is 2.95. The van der Waals surface area contributed by atoms with E-state index in [1.165, 1.54) is 12.1 Å². The molecule has 0 spiro atoms. The van der Waals surface area contributed by atoms with Crippen LogP contribution in [0.3, 0.4) is 0 Å².